The Kier molecular flexibility index (Phi) is 7.96. The highest BCUT2D eigenvalue weighted by Gasteiger charge is 2.44. The van der Waals surface area contributed by atoms with E-state index in [9.17, 15) is 23.2 Å². The van der Waals surface area contributed by atoms with Crippen molar-refractivity contribution in [2.45, 2.75) is 50.5 Å². The number of halogens is 2. The van der Waals surface area contributed by atoms with Crippen molar-refractivity contribution in [1.82, 2.24) is 10.2 Å². The monoisotopic (exact) mass is 545 g/mol. The third-order valence-electron chi connectivity index (χ3n) is 8.18. The normalized spacial score (nSPS) is 17.8. The van der Waals surface area contributed by atoms with Gasteiger partial charge in [0.15, 0.2) is 0 Å². The van der Waals surface area contributed by atoms with Gasteiger partial charge in [-0.1, -0.05) is 24.3 Å². The maximum Gasteiger partial charge on any atom is 0.253 e. The summed E-state index contributed by atoms with van der Waals surface area (Å²) in [4.78, 5) is 42.9. The Morgan fingerprint density at radius 1 is 0.875 bits per heavy atom. The number of nitrogens with zero attached hydrogens (tertiary/aromatic N) is 2. The molecule has 0 aromatic heterocycles. The molecular weight excluding hydrogens is 512 g/mol. The number of piperidine rings is 2. The minimum Gasteiger partial charge on any atom is -0.349 e. The number of benzene rings is 3. The lowest BCUT2D eigenvalue weighted by Crippen LogP contribution is -2.53. The van der Waals surface area contributed by atoms with Crippen LogP contribution in [0.1, 0.15) is 66.6 Å². The zero-order chi connectivity index (χ0) is 28.3. The molecule has 0 radical (unpaired) electrons. The fourth-order valence-electron chi connectivity index (χ4n) is 5.75. The van der Waals surface area contributed by atoms with Crippen molar-refractivity contribution in [1.29, 1.82) is 0 Å². The summed E-state index contributed by atoms with van der Waals surface area (Å²) in [6.45, 7) is 3.16. The quantitative estimate of drug-likeness (QED) is 0.443. The first-order valence-electron chi connectivity index (χ1n) is 13.8. The van der Waals surface area contributed by atoms with Crippen LogP contribution < -0.4 is 10.2 Å². The minimum absolute atomic E-state index is 0.100. The number of anilines is 1. The molecule has 2 fully saturated rings. The van der Waals surface area contributed by atoms with Gasteiger partial charge in [-0.2, -0.15) is 0 Å². The second kappa shape index (κ2) is 11.6. The van der Waals surface area contributed by atoms with Gasteiger partial charge >= 0.3 is 0 Å². The molecule has 0 aliphatic carbocycles. The standard InChI is InChI=1S/C32H33F2N3O3/c1-22(24-5-4-6-27(34)21-24)35-31(40)32(25-10-12-26(33)13-11-25)16-19-36(20-17-32)30(39)23-8-14-28(15-9-23)37-18-3-2-7-29(37)38/h4-6,8-15,21-22H,2-3,7,16-20H2,1H3,(H,35,40)/t22-/m0/s1. The molecule has 3 amide bonds. The molecule has 8 heteroatoms. The van der Waals surface area contributed by atoms with Gasteiger partial charge in [-0.05, 0) is 92.3 Å². The Morgan fingerprint density at radius 2 is 1.57 bits per heavy atom. The van der Waals surface area contributed by atoms with Gasteiger partial charge in [0.2, 0.25) is 11.8 Å². The molecule has 0 bridgehead atoms. The molecule has 6 nitrogen and oxygen atoms in total. The van der Waals surface area contributed by atoms with Gasteiger partial charge in [0.25, 0.3) is 5.91 Å². The van der Waals surface area contributed by atoms with Crippen LogP contribution in [0.3, 0.4) is 0 Å². The SMILES string of the molecule is C[C@H](NC(=O)C1(c2ccc(F)cc2)CCN(C(=O)c2ccc(N3CCCCC3=O)cc2)CC1)c1cccc(F)c1. The van der Waals surface area contributed by atoms with Crippen LogP contribution in [0.25, 0.3) is 0 Å². The molecule has 1 N–H and O–H groups in total. The van der Waals surface area contributed by atoms with Crippen molar-refractivity contribution in [2.75, 3.05) is 24.5 Å². The molecule has 0 unspecified atom stereocenters. The smallest absolute Gasteiger partial charge is 0.253 e. The van der Waals surface area contributed by atoms with Crippen LogP contribution in [0.2, 0.25) is 0 Å². The molecule has 2 aliphatic heterocycles. The van der Waals surface area contributed by atoms with E-state index >= 15 is 0 Å². The van der Waals surface area contributed by atoms with Crippen LogP contribution in [-0.4, -0.2) is 42.3 Å². The van der Waals surface area contributed by atoms with Gasteiger partial charge in [-0.25, -0.2) is 8.78 Å². The Labute approximate surface area is 233 Å². The lowest BCUT2D eigenvalue weighted by molar-refractivity contribution is -0.129. The van der Waals surface area contributed by atoms with Crippen LogP contribution in [0.4, 0.5) is 14.5 Å². The molecule has 40 heavy (non-hydrogen) atoms. The molecule has 3 aromatic carbocycles. The van der Waals surface area contributed by atoms with Crippen molar-refractivity contribution in [2.24, 2.45) is 0 Å². The second-order valence-corrected chi connectivity index (χ2v) is 10.7. The van der Waals surface area contributed by atoms with Crippen LogP contribution in [0, 0.1) is 11.6 Å². The molecule has 1 atom stereocenters. The van der Waals surface area contributed by atoms with Crippen LogP contribution in [0.15, 0.2) is 72.8 Å². The first-order chi connectivity index (χ1) is 19.3. The van der Waals surface area contributed by atoms with E-state index in [2.05, 4.69) is 5.32 Å². The number of rotatable bonds is 6. The van der Waals surface area contributed by atoms with Crippen molar-refractivity contribution < 1.29 is 23.2 Å². The largest absolute Gasteiger partial charge is 0.349 e. The number of carbonyl (C=O) groups excluding carboxylic acids is 3. The summed E-state index contributed by atoms with van der Waals surface area (Å²) >= 11 is 0. The van der Waals surface area contributed by atoms with E-state index in [1.54, 1.807) is 53.1 Å². The van der Waals surface area contributed by atoms with Gasteiger partial charge in [0.05, 0.1) is 11.5 Å². The zero-order valence-electron chi connectivity index (χ0n) is 22.5. The molecular formula is C32H33F2N3O3. The van der Waals surface area contributed by atoms with Crippen LogP contribution in [-0.2, 0) is 15.0 Å². The Balaban J connectivity index is 1.31. The van der Waals surface area contributed by atoms with Gasteiger partial charge in [-0.3, -0.25) is 14.4 Å². The van der Waals surface area contributed by atoms with E-state index < -0.39 is 17.3 Å². The zero-order valence-corrected chi connectivity index (χ0v) is 22.5. The number of carbonyl (C=O) groups is 3. The number of nitrogens with one attached hydrogen (secondary N) is 1. The van der Waals surface area contributed by atoms with E-state index in [4.69, 9.17) is 0 Å². The van der Waals surface area contributed by atoms with E-state index in [1.807, 2.05) is 12.1 Å². The highest BCUT2D eigenvalue weighted by molar-refractivity contribution is 5.97. The number of hydrogen-bond acceptors (Lipinski definition) is 3. The molecule has 0 saturated carbocycles. The molecule has 208 valence electrons. The topological polar surface area (TPSA) is 69.7 Å². The fourth-order valence-corrected chi connectivity index (χ4v) is 5.75. The fraction of sp³-hybridized carbons (Fsp3) is 0.344. The summed E-state index contributed by atoms with van der Waals surface area (Å²) in [7, 11) is 0. The summed E-state index contributed by atoms with van der Waals surface area (Å²) in [6, 6.07) is 18.7. The highest BCUT2D eigenvalue weighted by atomic mass is 19.1. The summed E-state index contributed by atoms with van der Waals surface area (Å²) < 4.78 is 27.6. The van der Waals surface area contributed by atoms with Crippen LogP contribution in [0.5, 0.6) is 0 Å². The Bertz CT molecular complexity index is 1380. The van der Waals surface area contributed by atoms with E-state index in [-0.39, 0.29) is 23.5 Å². The maximum absolute atomic E-state index is 13.8. The Hall–Kier alpha value is -4.07. The molecule has 3 aromatic rings. The average molecular weight is 546 g/mol. The third-order valence-corrected chi connectivity index (χ3v) is 8.18. The van der Waals surface area contributed by atoms with Crippen molar-refractivity contribution >= 4 is 23.4 Å². The van der Waals surface area contributed by atoms with E-state index in [1.165, 1.54) is 24.3 Å². The first kappa shape index (κ1) is 27.5. The summed E-state index contributed by atoms with van der Waals surface area (Å²) in [5, 5.41) is 3.03. The summed E-state index contributed by atoms with van der Waals surface area (Å²) in [6.07, 6.45) is 3.12. The lowest BCUT2D eigenvalue weighted by atomic mass is 9.71. The Morgan fingerprint density at radius 3 is 2.23 bits per heavy atom. The number of likely N-dealkylation sites (tertiary alicyclic amines) is 1. The van der Waals surface area contributed by atoms with Crippen LogP contribution >= 0.6 is 0 Å². The minimum atomic E-state index is -0.968. The molecule has 2 saturated heterocycles. The van der Waals surface area contributed by atoms with Crippen molar-refractivity contribution in [3.8, 4) is 0 Å². The second-order valence-electron chi connectivity index (χ2n) is 10.7. The predicted molar refractivity (Wildman–Crippen MR) is 149 cm³/mol. The van der Waals surface area contributed by atoms with E-state index in [0.717, 1.165) is 18.5 Å². The molecule has 5 rings (SSSR count). The summed E-state index contributed by atoms with van der Waals surface area (Å²) in [5.41, 5.74) is 1.67. The molecule has 2 heterocycles. The van der Waals surface area contributed by atoms with Crippen molar-refractivity contribution in [3.05, 3.63) is 101 Å². The number of amides is 3. The average Bonchev–Trinajstić information content (AvgIpc) is 2.97. The molecule has 2 aliphatic rings. The van der Waals surface area contributed by atoms with Gasteiger partial charge in [-0.15, -0.1) is 0 Å². The first-order valence-corrected chi connectivity index (χ1v) is 13.8. The predicted octanol–water partition coefficient (Wildman–Crippen LogP) is 5.53. The van der Waals surface area contributed by atoms with Gasteiger partial charge in [0.1, 0.15) is 11.6 Å². The lowest BCUT2D eigenvalue weighted by Gasteiger charge is -2.41. The van der Waals surface area contributed by atoms with Gasteiger partial charge < -0.3 is 15.1 Å². The number of hydrogen-bond donors (Lipinski definition) is 1. The van der Waals surface area contributed by atoms with Crippen molar-refractivity contribution in [3.63, 3.8) is 0 Å². The van der Waals surface area contributed by atoms with E-state index in [0.29, 0.717) is 55.6 Å². The highest BCUT2D eigenvalue weighted by Crippen LogP contribution is 2.37. The summed E-state index contributed by atoms with van der Waals surface area (Å²) in [5.74, 6) is -1.05. The maximum atomic E-state index is 13.8. The third kappa shape index (κ3) is 5.62. The molecule has 0 spiro atoms. The van der Waals surface area contributed by atoms with Gasteiger partial charge in [0, 0.05) is 37.3 Å².